The van der Waals surface area contributed by atoms with E-state index in [1.54, 1.807) is 30.4 Å². The van der Waals surface area contributed by atoms with E-state index in [9.17, 15) is 63.0 Å². The Morgan fingerprint density at radius 3 is 1.84 bits per heavy atom. The van der Waals surface area contributed by atoms with E-state index in [0.717, 1.165) is 24.9 Å². The van der Waals surface area contributed by atoms with Crippen molar-refractivity contribution in [1.82, 2.24) is 31.5 Å². The molecule has 0 aromatic rings. The number of nitrogens with zero attached hydrogens (tertiary/aromatic N) is 1. The normalized spacial score (nSPS) is 20.0. The molecule has 10 N–H and O–H groups in total. The van der Waals surface area contributed by atoms with Crippen LogP contribution in [0.15, 0.2) is 0 Å². The van der Waals surface area contributed by atoms with Gasteiger partial charge in [0.2, 0.25) is 35.3 Å². The molecule has 2 heterocycles. The van der Waals surface area contributed by atoms with E-state index in [-0.39, 0.29) is 24.2 Å². The SMILES string of the molecule is CCCC(N)C(=O)C(=O)N(C(=O)[C@@H]1CC2(CN1)SCCS2)C(C(=O)O)C(=O)C(NC(=O)[C@@H](NC(=O)[C@H](CCC(=O)O)NC(=O)[C@H](CCC(=O)O)NC(C)=O)C(C)C)C1CCCCC1. The Bertz CT molecular complexity index is 1750. The molecule has 3 fully saturated rings. The van der Waals surface area contributed by atoms with Gasteiger partial charge in [-0.25, -0.2) is 4.79 Å². The lowest BCUT2D eigenvalue weighted by atomic mass is 9.80. The van der Waals surface area contributed by atoms with Gasteiger partial charge in [0.15, 0.2) is 11.8 Å². The van der Waals surface area contributed by atoms with Gasteiger partial charge >= 0.3 is 17.9 Å². The molecule has 1 aliphatic carbocycles. The summed E-state index contributed by atoms with van der Waals surface area (Å²) < 4.78 is -0.446. The summed E-state index contributed by atoms with van der Waals surface area (Å²) in [5.41, 5.74) is 6.01. The molecule has 23 heteroatoms. The minimum Gasteiger partial charge on any atom is -0.481 e. The number of aliphatic carboxylic acids is 3. The van der Waals surface area contributed by atoms with E-state index in [2.05, 4.69) is 26.6 Å². The van der Waals surface area contributed by atoms with Crippen LogP contribution in [0.3, 0.4) is 0 Å². The molecule has 0 aromatic heterocycles. The number of nitrogens with one attached hydrogen (secondary N) is 5. The summed E-state index contributed by atoms with van der Waals surface area (Å²) in [6.07, 6.45) is 1.10. The number of carboxylic acids is 3. The predicted octanol–water partition coefficient (Wildman–Crippen LogP) is -0.476. The first kappa shape index (κ1) is 52.7. The highest BCUT2D eigenvalue weighted by Crippen LogP contribution is 2.49. The summed E-state index contributed by atoms with van der Waals surface area (Å²) in [5, 5.41) is 42.0. The third-order valence-electron chi connectivity index (χ3n) is 11.2. The number of hydrogen-bond acceptors (Lipinski definition) is 15. The number of rotatable bonds is 24. The number of carboxylic acid groups (broad SMARTS) is 3. The Labute approximate surface area is 373 Å². The molecule has 1 spiro atoms. The fourth-order valence-electron chi connectivity index (χ4n) is 7.90. The minimum absolute atomic E-state index is 0.0286. The molecule has 3 unspecified atom stereocenters. The van der Waals surface area contributed by atoms with Gasteiger partial charge in [-0.05, 0) is 50.4 Å². The molecule has 21 nitrogen and oxygen atoms in total. The van der Waals surface area contributed by atoms with Gasteiger partial charge in [0.1, 0.15) is 18.1 Å². The van der Waals surface area contributed by atoms with Crippen molar-refractivity contribution in [3.05, 3.63) is 0 Å². The summed E-state index contributed by atoms with van der Waals surface area (Å²) in [6.45, 7) is 6.17. The predicted molar refractivity (Wildman–Crippen MR) is 229 cm³/mol. The van der Waals surface area contributed by atoms with Crippen molar-refractivity contribution in [3.63, 3.8) is 0 Å². The Morgan fingerprint density at radius 1 is 0.778 bits per heavy atom. The first-order chi connectivity index (χ1) is 29.6. The largest absolute Gasteiger partial charge is 0.481 e. The number of nitrogens with two attached hydrogens (primary N) is 1. The van der Waals surface area contributed by atoms with Gasteiger partial charge in [-0.15, -0.1) is 23.5 Å². The smallest absolute Gasteiger partial charge is 0.334 e. The quantitative estimate of drug-likeness (QED) is 0.0436. The average molecular weight is 928 g/mol. The second kappa shape index (κ2) is 24.5. The van der Waals surface area contributed by atoms with Gasteiger partial charge in [-0.3, -0.25) is 52.8 Å². The molecular weight excluding hydrogens is 867 g/mol. The zero-order valence-corrected chi connectivity index (χ0v) is 37.6. The number of Topliss-reactive ketones (excluding diaryl/α,β-unsaturated/α-hetero) is 2. The standard InChI is InChI=1S/C40H61N7O14S2/c1-5-9-23(41)32(53)38(59)47(37(58)26-18-40(19-42-26)62-16-17-63-40)31(39(60)61)33(54)30(22-10-7-6-8-11-22)46-36(57)29(20(2)3)45-35(56)25(13-15-28(51)52)44-34(55)24(43-21(4)48)12-14-27(49)50/h20,22-26,29-31,42H,5-19,41H2,1-4H3,(H,43,48)(H,44,55)(H,45,56)(H,46,57)(H,49,50)(H,51,52)(H,60,61)/t23?,24-,25-,26-,29-,30?,31?/m0/s1. The van der Waals surface area contributed by atoms with Crippen molar-refractivity contribution in [2.75, 3.05) is 18.1 Å². The Hall–Kier alpha value is -4.61. The molecule has 2 saturated heterocycles. The van der Waals surface area contributed by atoms with Gasteiger partial charge < -0.3 is 47.6 Å². The van der Waals surface area contributed by atoms with Crippen molar-refractivity contribution < 1.29 is 68.1 Å². The maximum Gasteiger partial charge on any atom is 0.334 e. The molecule has 0 aromatic carbocycles. The van der Waals surface area contributed by atoms with Crippen LogP contribution in [-0.4, -0.2) is 150 Å². The number of amides is 6. The van der Waals surface area contributed by atoms with Crippen LogP contribution in [0, 0.1) is 11.8 Å². The number of carbonyl (C=O) groups excluding carboxylic acids is 8. The molecule has 352 valence electrons. The molecule has 6 amide bonds. The topological polar surface area (TPSA) is 338 Å². The third kappa shape index (κ3) is 15.0. The van der Waals surface area contributed by atoms with Crippen LogP contribution in [0.1, 0.15) is 105 Å². The third-order valence-corrected chi connectivity index (χ3v) is 14.7. The van der Waals surface area contributed by atoms with E-state index >= 15 is 0 Å². The Balaban J connectivity index is 2.00. The number of hydrogen-bond donors (Lipinski definition) is 9. The summed E-state index contributed by atoms with van der Waals surface area (Å²) >= 11 is 3.20. The van der Waals surface area contributed by atoms with Crippen LogP contribution < -0.4 is 32.3 Å². The number of imide groups is 1. The maximum atomic E-state index is 14.8. The van der Waals surface area contributed by atoms with Gasteiger partial charge in [0, 0.05) is 37.8 Å². The van der Waals surface area contributed by atoms with E-state index in [4.69, 9.17) is 10.8 Å². The number of carbonyl (C=O) groups is 11. The van der Waals surface area contributed by atoms with E-state index in [1.165, 1.54) is 13.8 Å². The van der Waals surface area contributed by atoms with Gasteiger partial charge in [0.05, 0.1) is 22.2 Å². The van der Waals surface area contributed by atoms with Crippen molar-refractivity contribution >= 4 is 88.4 Å². The molecule has 0 bridgehead atoms. The van der Waals surface area contributed by atoms with E-state index < -0.39 is 142 Å². The summed E-state index contributed by atoms with van der Waals surface area (Å²) in [5.74, 6) is -13.4. The molecule has 3 rings (SSSR count). The second-order valence-corrected chi connectivity index (χ2v) is 19.7. The molecule has 0 radical (unpaired) electrons. The van der Waals surface area contributed by atoms with Crippen LogP contribution in [0.2, 0.25) is 0 Å². The minimum atomic E-state index is -2.57. The number of thioether (sulfide) groups is 2. The molecule has 63 heavy (non-hydrogen) atoms. The lowest BCUT2D eigenvalue weighted by Crippen LogP contribution is -2.65. The fraction of sp³-hybridized carbons (Fsp3) is 0.725. The summed E-state index contributed by atoms with van der Waals surface area (Å²) in [4.78, 5) is 146. The molecule has 3 aliphatic rings. The van der Waals surface area contributed by atoms with E-state index in [1.807, 2.05) is 0 Å². The van der Waals surface area contributed by atoms with Crippen molar-refractivity contribution in [2.24, 2.45) is 17.6 Å². The highest BCUT2D eigenvalue weighted by atomic mass is 32.2. The molecule has 2 aliphatic heterocycles. The van der Waals surface area contributed by atoms with Gasteiger partial charge in [0.25, 0.3) is 5.91 Å². The van der Waals surface area contributed by atoms with Crippen LogP contribution >= 0.6 is 23.5 Å². The monoisotopic (exact) mass is 927 g/mol. The van der Waals surface area contributed by atoms with E-state index in [0.29, 0.717) is 38.6 Å². The number of ketones is 2. The Kier molecular flexibility index (Phi) is 20.5. The van der Waals surface area contributed by atoms with Crippen LogP contribution in [0.4, 0.5) is 0 Å². The summed E-state index contributed by atoms with van der Waals surface area (Å²) in [7, 11) is 0. The van der Waals surface area contributed by atoms with Gasteiger partial charge in [-0.1, -0.05) is 46.5 Å². The molecule has 1 saturated carbocycles. The second-order valence-electron chi connectivity index (χ2n) is 16.5. The van der Waals surface area contributed by atoms with Crippen LogP contribution in [-0.2, 0) is 52.7 Å². The van der Waals surface area contributed by atoms with Crippen molar-refractivity contribution in [1.29, 1.82) is 0 Å². The molecule has 7 atom stereocenters. The van der Waals surface area contributed by atoms with Crippen LogP contribution in [0.25, 0.3) is 0 Å². The Morgan fingerprint density at radius 2 is 1.33 bits per heavy atom. The summed E-state index contributed by atoms with van der Waals surface area (Å²) in [6, 6.07) is -11.3. The highest BCUT2D eigenvalue weighted by molar-refractivity contribution is 8.21. The lowest BCUT2D eigenvalue weighted by Gasteiger charge is -2.36. The average Bonchev–Trinajstić information content (AvgIpc) is 3.88. The highest BCUT2D eigenvalue weighted by Gasteiger charge is 2.52. The fourth-order valence-corrected chi connectivity index (χ4v) is 11.1. The molecular formula is C40H61N7O14S2. The van der Waals surface area contributed by atoms with Gasteiger partial charge in [-0.2, -0.15) is 0 Å². The van der Waals surface area contributed by atoms with Crippen molar-refractivity contribution in [2.45, 2.75) is 151 Å². The first-order valence-corrected chi connectivity index (χ1v) is 23.2. The zero-order chi connectivity index (χ0) is 47.2. The maximum absolute atomic E-state index is 14.8. The first-order valence-electron chi connectivity index (χ1n) is 21.2. The zero-order valence-electron chi connectivity index (χ0n) is 36.0. The van der Waals surface area contributed by atoms with Crippen LogP contribution in [0.5, 0.6) is 0 Å². The lowest BCUT2D eigenvalue weighted by molar-refractivity contribution is -0.165. The van der Waals surface area contributed by atoms with Crippen molar-refractivity contribution in [3.8, 4) is 0 Å².